The first kappa shape index (κ1) is 13.8. The van der Waals surface area contributed by atoms with E-state index >= 15 is 0 Å². The molecule has 0 spiro atoms. The van der Waals surface area contributed by atoms with Crippen molar-refractivity contribution in [3.05, 3.63) is 35.7 Å². The van der Waals surface area contributed by atoms with Crippen LogP contribution in [-0.2, 0) is 20.1 Å². The summed E-state index contributed by atoms with van der Waals surface area (Å²) < 4.78 is 4.02. The molecule has 0 atom stereocenters. The van der Waals surface area contributed by atoms with E-state index in [1.807, 2.05) is 25.0 Å². The predicted octanol–water partition coefficient (Wildman–Crippen LogP) is 1.72. The molecule has 2 rings (SSSR count). The third-order valence-electron chi connectivity index (χ3n) is 2.99. The molecule has 5 nitrogen and oxygen atoms in total. The standard InChI is InChI=1S/C14H23N5/c1-11(2)6-15-7-13-8-19(10-16-13)9-14-5-12(3)17-18(14)4/h5,8,10-11,15H,6-7,9H2,1-4H3. The molecule has 0 amide bonds. The van der Waals surface area contributed by atoms with Gasteiger partial charge in [-0.2, -0.15) is 5.10 Å². The van der Waals surface area contributed by atoms with Crippen LogP contribution in [0.15, 0.2) is 18.6 Å². The van der Waals surface area contributed by atoms with Gasteiger partial charge in [0.2, 0.25) is 0 Å². The molecule has 2 heterocycles. The van der Waals surface area contributed by atoms with Crippen molar-refractivity contribution >= 4 is 0 Å². The molecule has 0 saturated carbocycles. The Bertz CT molecular complexity index is 524. The number of rotatable bonds is 6. The van der Waals surface area contributed by atoms with Crippen LogP contribution < -0.4 is 5.32 Å². The molecule has 5 heteroatoms. The fourth-order valence-corrected chi connectivity index (χ4v) is 2.07. The Balaban J connectivity index is 1.92. The number of hydrogen-bond acceptors (Lipinski definition) is 3. The molecule has 0 unspecified atom stereocenters. The second kappa shape index (κ2) is 6.02. The Hall–Kier alpha value is -1.62. The first-order valence-electron chi connectivity index (χ1n) is 6.75. The summed E-state index contributed by atoms with van der Waals surface area (Å²) in [7, 11) is 1.98. The minimum absolute atomic E-state index is 0.666. The lowest BCUT2D eigenvalue weighted by Gasteiger charge is -2.05. The van der Waals surface area contributed by atoms with E-state index in [1.54, 1.807) is 0 Å². The molecule has 0 radical (unpaired) electrons. The molecule has 1 N–H and O–H groups in total. The monoisotopic (exact) mass is 261 g/mol. The highest BCUT2D eigenvalue weighted by molar-refractivity contribution is 5.10. The molecule has 2 aromatic rings. The van der Waals surface area contributed by atoms with Crippen LogP contribution in [0.2, 0.25) is 0 Å². The summed E-state index contributed by atoms with van der Waals surface area (Å²) in [5.74, 6) is 0.666. The second-order valence-electron chi connectivity index (χ2n) is 5.46. The van der Waals surface area contributed by atoms with Crippen molar-refractivity contribution in [1.29, 1.82) is 0 Å². The highest BCUT2D eigenvalue weighted by atomic mass is 15.3. The maximum Gasteiger partial charge on any atom is 0.0953 e. The Labute approximate surface area is 114 Å². The smallest absolute Gasteiger partial charge is 0.0953 e. The number of nitrogens with zero attached hydrogens (tertiary/aromatic N) is 4. The lowest BCUT2D eigenvalue weighted by molar-refractivity contribution is 0.548. The summed E-state index contributed by atoms with van der Waals surface area (Å²) >= 11 is 0. The van der Waals surface area contributed by atoms with Gasteiger partial charge in [-0.25, -0.2) is 4.98 Å². The van der Waals surface area contributed by atoms with Crippen LogP contribution in [0.25, 0.3) is 0 Å². The van der Waals surface area contributed by atoms with Crippen molar-refractivity contribution in [3.63, 3.8) is 0 Å². The summed E-state index contributed by atoms with van der Waals surface area (Å²) in [6.07, 6.45) is 3.98. The first-order chi connectivity index (χ1) is 9.04. The maximum atomic E-state index is 4.42. The van der Waals surface area contributed by atoms with Crippen LogP contribution in [0.1, 0.15) is 30.9 Å². The number of aromatic nitrogens is 4. The SMILES string of the molecule is Cc1cc(Cn2cnc(CNCC(C)C)c2)n(C)n1. The average Bonchev–Trinajstić information content (AvgIpc) is 2.87. The van der Waals surface area contributed by atoms with Gasteiger partial charge >= 0.3 is 0 Å². The van der Waals surface area contributed by atoms with Gasteiger partial charge < -0.3 is 9.88 Å². The van der Waals surface area contributed by atoms with Crippen LogP contribution in [0.5, 0.6) is 0 Å². The molecule has 0 saturated heterocycles. The predicted molar refractivity (Wildman–Crippen MR) is 75.8 cm³/mol. The molecule has 0 aliphatic rings. The lowest BCUT2D eigenvalue weighted by atomic mass is 10.2. The van der Waals surface area contributed by atoms with Gasteiger partial charge in [0.15, 0.2) is 0 Å². The quantitative estimate of drug-likeness (QED) is 0.861. The van der Waals surface area contributed by atoms with E-state index in [1.165, 1.54) is 5.69 Å². The Morgan fingerprint density at radius 3 is 2.79 bits per heavy atom. The van der Waals surface area contributed by atoms with Crippen molar-refractivity contribution in [3.8, 4) is 0 Å². The average molecular weight is 261 g/mol. The zero-order chi connectivity index (χ0) is 13.8. The fourth-order valence-electron chi connectivity index (χ4n) is 2.07. The molecule has 0 fully saturated rings. The summed E-state index contributed by atoms with van der Waals surface area (Å²) in [4.78, 5) is 4.42. The fraction of sp³-hybridized carbons (Fsp3) is 0.571. The van der Waals surface area contributed by atoms with E-state index in [9.17, 15) is 0 Å². The third kappa shape index (κ3) is 3.92. The Morgan fingerprint density at radius 2 is 2.16 bits per heavy atom. The lowest BCUT2D eigenvalue weighted by Crippen LogP contribution is -2.19. The van der Waals surface area contributed by atoms with Crippen molar-refractivity contribution < 1.29 is 0 Å². The molecule has 0 aliphatic heterocycles. The zero-order valence-electron chi connectivity index (χ0n) is 12.2. The summed E-state index contributed by atoms with van der Waals surface area (Å²) in [6, 6.07) is 2.11. The zero-order valence-corrected chi connectivity index (χ0v) is 12.2. The second-order valence-corrected chi connectivity index (χ2v) is 5.46. The topological polar surface area (TPSA) is 47.7 Å². The van der Waals surface area contributed by atoms with Gasteiger partial charge in [-0.15, -0.1) is 0 Å². The van der Waals surface area contributed by atoms with E-state index in [2.05, 4.69) is 46.1 Å². The van der Waals surface area contributed by atoms with Crippen molar-refractivity contribution in [2.24, 2.45) is 13.0 Å². The molecular formula is C14H23N5. The van der Waals surface area contributed by atoms with Crippen molar-refractivity contribution in [2.75, 3.05) is 6.54 Å². The van der Waals surface area contributed by atoms with Gasteiger partial charge in [-0.1, -0.05) is 13.8 Å². The Morgan fingerprint density at radius 1 is 1.37 bits per heavy atom. The van der Waals surface area contributed by atoms with Gasteiger partial charge in [0.25, 0.3) is 0 Å². The Kier molecular flexibility index (Phi) is 4.37. The minimum atomic E-state index is 0.666. The van der Waals surface area contributed by atoms with Crippen LogP contribution in [0.3, 0.4) is 0 Å². The highest BCUT2D eigenvalue weighted by Crippen LogP contribution is 2.05. The minimum Gasteiger partial charge on any atom is -0.331 e. The van der Waals surface area contributed by atoms with Gasteiger partial charge in [0, 0.05) is 19.8 Å². The van der Waals surface area contributed by atoms with E-state index in [0.717, 1.165) is 31.0 Å². The maximum absolute atomic E-state index is 4.42. The molecule has 0 bridgehead atoms. The van der Waals surface area contributed by atoms with Crippen LogP contribution >= 0.6 is 0 Å². The van der Waals surface area contributed by atoms with Crippen LogP contribution in [0.4, 0.5) is 0 Å². The molecule has 104 valence electrons. The third-order valence-corrected chi connectivity index (χ3v) is 2.99. The summed E-state index contributed by atoms with van der Waals surface area (Å²) in [5, 5.41) is 7.75. The number of hydrogen-bond donors (Lipinski definition) is 1. The van der Waals surface area contributed by atoms with Crippen molar-refractivity contribution in [1.82, 2.24) is 24.6 Å². The van der Waals surface area contributed by atoms with Crippen LogP contribution in [0, 0.1) is 12.8 Å². The summed E-state index contributed by atoms with van der Waals surface area (Å²) in [5.41, 5.74) is 3.33. The van der Waals surface area contributed by atoms with E-state index in [4.69, 9.17) is 0 Å². The van der Waals surface area contributed by atoms with Gasteiger partial charge in [-0.3, -0.25) is 4.68 Å². The van der Waals surface area contributed by atoms with E-state index in [0.29, 0.717) is 5.92 Å². The number of aryl methyl sites for hydroxylation is 2. The van der Waals surface area contributed by atoms with Gasteiger partial charge in [0.1, 0.15) is 0 Å². The molecule has 0 aromatic carbocycles. The van der Waals surface area contributed by atoms with Gasteiger partial charge in [-0.05, 0) is 25.5 Å². The number of imidazole rings is 1. The molecule has 2 aromatic heterocycles. The van der Waals surface area contributed by atoms with Crippen molar-refractivity contribution in [2.45, 2.75) is 33.9 Å². The molecular weight excluding hydrogens is 238 g/mol. The van der Waals surface area contributed by atoms with E-state index < -0.39 is 0 Å². The molecule has 0 aliphatic carbocycles. The van der Waals surface area contributed by atoms with E-state index in [-0.39, 0.29) is 0 Å². The molecule has 19 heavy (non-hydrogen) atoms. The summed E-state index contributed by atoms with van der Waals surface area (Å²) in [6.45, 7) is 9.09. The normalized spacial score (nSPS) is 11.4. The number of nitrogens with one attached hydrogen (secondary N) is 1. The highest BCUT2D eigenvalue weighted by Gasteiger charge is 2.04. The first-order valence-corrected chi connectivity index (χ1v) is 6.75. The van der Waals surface area contributed by atoms with Crippen LogP contribution in [-0.4, -0.2) is 25.9 Å². The van der Waals surface area contributed by atoms with Gasteiger partial charge in [0.05, 0.1) is 30.0 Å². The largest absolute Gasteiger partial charge is 0.331 e.